The number of carbonyl (C=O) groups is 1. The molecule has 8 nitrogen and oxygen atoms in total. The summed E-state index contributed by atoms with van der Waals surface area (Å²) in [5.41, 5.74) is 10.8. The number of hydrogen-bond acceptors (Lipinski definition) is 7. The van der Waals surface area contributed by atoms with Gasteiger partial charge in [0.05, 0.1) is 38.0 Å². The molecule has 0 bridgehead atoms. The van der Waals surface area contributed by atoms with Crippen molar-refractivity contribution in [1.82, 2.24) is 20.2 Å². The molecular weight excluding hydrogens is 982 g/mol. The van der Waals surface area contributed by atoms with Crippen LogP contribution in [0.2, 0.25) is 20.1 Å². The fourth-order valence-electron chi connectivity index (χ4n) is 7.29. The maximum absolute atomic E-state index is 12.7. The van der Waals surface area contributed by atoms with Crippen molar-refractivity contribution < 1.29 is 9.53 Å². The SMILES string of the molecule is CN1CCN(C(=O)OC(C)(C)C)Cc2ccc(-c3nccc(-c4cccc(Br)c4Cl)c3Cl)cc21.CN1CCNCc2ccc(-c3nccc(-c4cccc(Br)c4Cl)c3Cl)cc21. The van der Waals surface area contributed by atoms with E-state index in [2.05, 4.69) is 88.3 Å². The van der Waals surface area contributed by atoms with Gasteiger partial charge in [0, 0.05) is 113 Å². The van der Waals surface area contributed by atoms with Gasteiger partial charge in [-0.15, -0.1) is 0 Å². The molecule has 1 N–H and O–H groups in total. The average molecular weight is 1030 g/mol. The highest BCUT2D eigenvalue weighted by Crippen LogP contribution is 2.43. The molecule has 61 heavy (non-hydrogen) atoms. The number of ether oxygens (including phenoxy) is 1. The number of aromatic nitrogens is 2. The summed E-state index contributed by atoms with van der Waals surface area (Å²) in [5.74, 6) is 0. The lowest BCUT2D eigenvalue weighted by Crippen LogP contribution is -2.38. The number of hydrogen-bond donors (Lipinski definition) is 1. The van der Waals surface area contributed by atoms with E-state index in [9.17, 15) is 4.79 Å². The summed E-state index contributed by atoms with van der Waals surface area (Å²) < 4.78 is 7.24. The van der Waals surface area contributed by atoms with Crippen LogP contribution in [0.15, 0.2) is 106 Å². The third-order valence-electron chi connectivity index (χ3n) is 10.5. The van der Waals surface area contributed by atoms with Crippen LogP contribution >= 0.6 is 78.3 Å². The standard InChI is InChI=1S/C26H26BrCl2N3O2.C21H18BrCl2N3/c1-26(2,3)34-25(33)32-13-12-31(4)21-14-16(8-9-17(21)15-32)24-23(29)19(10-11-30-24)18-6-5-7-20(27)22(18)28;1-27-10-9-25-12-14-6-5-13(11-18(14)27)21-20(24)16(7-8-26-21)15-3-2-4-17(22)19(15)23/h5-11,14H,12-13,15H2,1-4H3;2-8,11,25H,9-10,12H2,1H3. The number of pyridine rings is 2. The molecule has 8 rings (SSSR count). The monoisotopic (exact) mass is 1020 g/mol. The highest BCUT2D eigenvalue weighted by Gasteiger charge is 2.27. The molecule has 0 spiro atoms. The highest BCUT2D eigenvalue weighted by atomic mass is 79.9. The molecule has 2 aromatic heterocycles. The van der Waals surface area contributed by atoms with E-state index in [4.69, 9.17) is 51.1 Å². The molecule has 1 amide bonds. The molecule has 0 saturated carbocycles. The highest BCUT2D eigenvalue weighted by molar-refractivity contribution is 9.10. The Balaban J connectivity index is 0.000000189. The van der Waals surface area contributed by atoms with Gasteiger partial charge in [-0.05, 0) is 100 Å². The number of halogens is 6. The minimum atomic E-state index is -0.535. The van der Waals surface area contributed by atoms with Crippen LogP contribution in [0.25, 0.3) is 44.8 Å². The van der Waals surface area contributed by atoms with Crippen molar-refractivity contribution in [3.05, 3.63) is 137 Å². The van der Waals surface area contributed by atoms with Crippen LogP contribution < -0.4 is 15.1 Å². The molecule has 6 aromatic rings. The molecule has 2 aliphatic heterocycles. The Bertz CT molecular complexity index is 2600. The number of anilines is 2. The maximum atomic E-state index is 12.7. The Morgan fingerprint density at radius 1 is 0.656 bits per heavy atom. The molecule has 0 aliphatic carbocycles. The van der Waals surface area contributed by atoms with Crippen molar-refractivity contribution in [3.63, 3.8) is 0 Å². The lowest BCUT2D eigenvalue weighted by atomic mass is 10.0. The topological polar surface area (TPSA) is 73.8 Å². The lowest BCUT2D eigenvalue weighted by molar-refractivity contribution is 0.0243. The van der Waals surface area contributed by atoms with Crippen molar-refractivity contribution in [2.24, 2.45) is 0 Å². The third kappa shape index (κ3) is 10.2. The molecule has 4 heterocycles. The van der Waals surface area contributed by atoms with E-state index in [0.717, 1.165) is 78.9 Å². The normalized spacial score (nSPS) is 14.0. The smallest absolute Gasteiger partial charge is 0.410 e. The Labute approximate surface area is 394 Å². The van der Waals surface area contributed by atoms with E-state index in [1.54, 1.807) is 17.3 Å². The van der Waals surface area contributed by atoms with Gasteiger partial charge in [-0.2, -0.15) is 0 Å². The molecule has 0 radical (unpaired) electrons. The second-order valence-electron chi connectivity index (χ2n) is 15.9. The first kappa shape index (κ1) is 45.2. The Morgan fingerprint density at radius 2 is 1.15 bits per heavy atom. The quantitative estimate of drug-likeness (QED) is 0.189. The van der Waals surface area contributed by atoms with E-state index in [1.807, 2.05) is 88.5 Å². The van der Waals surface area contributed by atoms with Gasteiger partial charge < -0.3 is 24.8 Å². The van der Waals surface area contributed by atoms with Gasteiger partial charge in [0.15, 0.2) is 0 Å². The summed E-state index contributed by atoms with van der Waals surface area (Å²) >= 11 is 33.6. The number of benzene rings is 4. The zero-order valence-electron chi connectivity index (χ0n) is 34.3. The predicted octanol–water partition coefficient (Wildman–Crippen LogP) is 13.7. The zero-order chi connectivity index (χ0) is 43.6. The van der Waals surface area contributed by atoms with E-state index in [1.165, 1.54) is 11.3 Å². The summed E-state index contributed by atoms with van der Waals surface area (Å²) in [4.78, 5) is 28.0. The second-order valence-corrected chi connectivity index (χ2v) is 19.1. The Kier molecular flexibility index (Phi) is 14.3. The molecule has 0 atom stereocenters. The van der Waals surface area contributed by atoms with Gasteiger partial charge in [-0.25, -0.2) is 4.79 Å². The number of rotatable bonds is 4. The maximum Gasteiger partial charge on any atom is 0.410 e. The van der Waals surface area contributed by atoms with Gasteiger partial charge in [-0.3, -0.25) is 9.97 Å². The zero-order valence-corrected chi connectivity index (χ0v) is 40.5. The Hall–Kier alpha value is -3.87. The molecule has 2 aliphatic rings. The lowest BCUT2D eigenvalue weighted by Gasteiger charge is -2.26. The summed E-state index contributed by atoms with van der Waals surface area (Å²) in [6, 6.07) is 27.9. The van der Waals surface area contributed by atoms with Gasteiger partial charge in [-0.1, -0.05) is 94.9 Å². The fourth-order valence-corrected chi connectivity index (χ4v) is 9.13. The Morgan fingerprint density at radius 3 is 1.69 bits per heavy atom. The number of nitrogens with zero attached hydrogens (tertiary/aromatic N) is 5. The van der Waals surface area contributed by atoms with Crippen LogP contribution in [0.1, 0.15) is 31.9 Å². The first-order valence-corrected chi connectivity index (χ1v) is 22.8. The van der Waals surface area contributed by atoms with Crippen LogP contribution in [-0.4, -0.2) is 66.8 Å². The molecule has 0 saturated heterocycles. The summed E-state index contributed by atoms with van der Waals surface area (Å²) in [6.07, 6.45) is 3.22. The predicted molar refractivity (Wildman–Crippen MR) is 261 cm³/mol. The number of likely N-dealkylation sites (N-methyl/N-ethyl adjacent to an activating group) is 2. The van der Waals surface area contributed by atoms with Gasteiger partial charge in [0.1, 0.15) is 5.60 Å². The first-order valence-electron chi connectivity index (χ1n) is 19.7. The number of nitrogens with one attached hydrogen (secondary N) is 1. The van der Waals surface area contributed by atoms with Crippen LogP contribution in [0.5, 0.6) is 0 Å². The summed E-state index contributed by atoms with van der Waals surface area (Å²) in [7, 11) is 4.14. The van der Waals surface area contributed by atoms with Crippen molar-refractivity contribution >= 4 is 95.7 Å². The van der Waals surface area contributed by atoms with Gasteiger partial charge in [0.2, 0.25) is 0 Å². The molecule has 0 unspecified atom stereocenters. The minimum Gasteiger partial charge on any atom is -0.444 e. The van der Waals surface area contributed by atoms with Crippen LogP contribution in [-0.2, 0) is 17.8 Å². The van der Waals surface area contributed by atoms with Crippen LogP contribution in [0.3, 0.4) is 0 Å². The van der Waals surface area contributed by atoms with Crippen molar-refractivity contribution in [3.8, 4) is 44.8 Å². The van der Waals surface area contributed by atoms with Crippen molar-refractivity contribution in [1.29, 1.82) is 0 Å². The summed E-state index contributed by atoms with van der Waals surface area (Å²) in [5, 5.41) is 5.83. The largest absolute Gasteiger partial charge is 0.444 e. The average Bonchev–Trinajstić information content (AvgIpc) is 3.52. The number of amides is 1. The van der Waals surface area contributed by atoms with Gasteiger partial charge in [0.25, 0.3) is 0 Å². The molecular formula is C47H44Br2Cl4N6O2. The summed E-state index contributed by atoms with van der Waals surface area (Å²) in [6.45, 7) is 10.2. The van der Waals surface area contributed by atoms with E-state index >= 15 is 0 Å². The van der Waals surface area contributed by atoms with E-state index in [0.29, 0.717) is 45.4 Å². The molecule has 316 valence electrons. The van der Waals surface area contributed by atoms with Crippen LogP contribution in [0, 0.1) is 0 Å². The van der Waals surface area contributed by atoms with Crippen LogP contribution in [0.4, 0.5) is 16.2 Å². The molecule has 0 fully saturated rings. The molecule has 4 aromatic carbocycles. The molecule has 14 heteroatoms. The number of fused-ring (bicyclic) bond motifs is 2. The van der Waals surface area contributed by atoms with Gasteiger partial charge >= 0.3 is 6.09 Å². The second kappa shape index (κ2) is 19.3. The van der Waals surface area contributed by atoms with Crippen molar-refractivity contribution in [2.75, 3.05) is 50.1 Å². The first-order chi connectivity index (χ1) is 29.1. The number of carbonyl (C=O) groups excluding carboxylic acids is 1. The minimum absolute atomic E-state index is 0.305. The fraction of sp³-hybridized carbons (Fsp3) is 0.255. The van der Waals surface area contributed by atoms with E-state index < -0.39 is 5.60 Å². The third-order valence-corrected chi connectivity index (χ3v) is 13.8. The van der Waals surface area contributed by atoms with Crippen molar-refractivity contribution in [2.45, 2.75) is 39.5 Å². The van der Waals surface area contributed by atoms with E-state index in [-0.39, 0.29) is 6.09 Å².